The molecule has 0 radical (unpaired) electrons. The van der Waals surface area contributed by atoms with Crippen LogP contribution in [0, 0.1) is 5.82 Å². The van der Waals surface area contributed by atoms with Crippen LogP contribution < -0.4 is 21.1 Å². The second kappa shape index (κ2) is 5.65. The van der Waals surface area contributed by atoms with Crippen molar-refractivity contribution < 1.29 is 18.7 Å². The van der Waals surface area contributed by atoms with Crippen molar-refractivity contribution in [3.05, 3.63) is 29.0 Å². The van der Waals surface area contributed by atoms with Gasteiger partial charge in [0.25, 0.3) is 5.91 Å². The molecule has 6 nitrogen and oxygen atoms in total. The Bertz CT molecular complexity index is 648. The first kappa shape index (κ1) is 16.0. The van der Waals surface area contributed by atoms with Gasteiger partial charge in [-0.2, -0.15) is 0 Å². The molecule has 0 aliphatic heterocycles. The Morgan fingerprint density at radius 1 is 1.22 bits per heavy atom. The molecule has 3 fully saturated rings. The molecule has 1 aromatic rings. The monoisotopic (exact) mass is 341 g/mol. The Morgan fingerprint density at radius 2 is 1.83 bits per heavy atom. The summed E-state index contributed by atoms with van der Waals surface area (Å²) in [6.07, 6.45) is 2.10. The third kappa shape index (κ3) is 3.11. The molecule has 0 spiro atoms. The topological polar surface area (TPSA) is 93.5 Å². The summed E-state index contributed by atoms with van der Waals surface area (Å²) in [6.45, 7) is -0.239. The van der Waals surface area contributed by atoms with Crippen LogP contribution in [0.2, 0.25) is 5.02 Å². The molecule has 3 aliphatic rings. The van der Waals surface area contributed by atoms with Crippen LogP contribution in [0.25, 0.3) is 0 Å². The second-order valence-corrected chi connectivity index (χ2v) is 6.66. The first-order valence-electron chi connectivity index (χ1n) is 7.25. The van der Waals surface area contributed by atoms with Crippen LogP contribution in [0.5, 0.6) is 5.75 Å². The number of benzene rings is 1. The van der Waals surface area contributed by atoms with E-state index in [4.69, 9.17) is 22.1 Å². The Labute approximate surface area is 137 Å². The van der Waals surface area contributed by atoms with Crippen molar-refractivity contribution in [2.75, 3.05) is 13.2 Å². The number of nitrogens with two attached hydrogens (primary N) is 1. The van der Waals surface area contributed by atoms with E-state index in [1.807, 2.05) is 0 Å². The van der Waals surface area contributed by atoms with Crippen LogP contribution in [0.1, 0.15) is 19.3 Å². The number of halogens is 2. The van der Waals surface area contributed by atoms with Crippen molar-refractivity contribution in [1.29, 1.82) is 0 Å². The standard InChI is InChI=1S/C15H17ClFN3O3/c16-10-2-1-9(3-11(10)17)23-5-13(22)20-15-6-14(7-15,8-15)19-12(21)4-18/h1-3H,4-8,18H2,(H,19,21)(H,20,22). The van der Waals surface area contributed by atoms with Crippen LogP contribution in [-0.2, 0) is 9.59 Å². The molecule has 1 aromatic carbocycles. The van der Waals surface area contributed by atoms with E-state index in [-0.39, 0.29) is 46.8 Å². The first-order valence-corrected chi connectivity index (χ1v) is 7.63. The molecular formula is C15H17ClFN3O3. The Kier molecular flexibility index (Phi) is 3.93. The average Bonchev–Trinajstić information content (AvgIpc) is 2.44. The van der Waals surface area contributed by atoms with Crippen molar-refractivity contribution in [1.82, 2.24) is 10.6 Å². The van der Waals surface area contributed by atoms with Crippen molar-refractivity contribution in [2.24, 2.45) is 5.73 Å². The number of hydrogen-bond acceptors (Lipinski definition) is 4. The molecule has 0 unspecified atom stereocenters. The van der Waals surface area contributed by atoms with Gasteiger partial charge in [0.15, 0.2) is 6.61 Å². The number of amides is 2. The van der Waals surface area contributed by atoms with Crippen LogP contribution >= 0.6 is 11.6 Å². The van der Waals surface area contributed by atoms with E-state index >= 15 is 0 Å². The van der Waals surface area contributed by atoms with Crippen LogP contribution in [0.15, 0.2) is 18.2 Å². The summed E-state index contributed by atoms with van der Waals surface area (Å²) in [5.41, 5.74) is 4.81. The fraction of sp³-hybridized carbons (Fsp3) is 0.467. The molecule has 23 heavy (non-hydrogen) atoms. The van der Waals surface area contributed by atoms with Crippen molar-refractivity contribution in [3.8, 4) is 5.75 Å². The van der Waals surface area contributed by atoms with Crippen molar-refractivity contribution in [2.45, 2.75) is 30.3 Å². The molecular weight excluding hydrogens is 325 g/mol. The molecule has 2 amide bonds. The molecule has 0 aromatic heterocycles. The lowest BCUT2D eigenvalue weighted by Crippen LogP contribution is -2.84. The number of carbonyl (C=O) groups is 2. The molecule has 3 saturated carbocycles. The van der Waals surface area contributed by atoms with Crippen molar-refractivity contribution in [3.63, 3.8) is 0 Å². The second-order valence-electron chi connectivity index (χ2n) is 6.26. The summed E-state index contributed by atoms with van der Waals surface area (Å²) in [5, 5.41) is 5.78. The zero-order valence-corrected chi connectivity index (χ0v) is 13.1. The lowest BCUT2D eigenvalue weighted by Gasteiger charge is -2.70. The number of nitrogens with one attached hydrogen (secondary N) is 2. The van der Waals surface area contributed by atoms with Gasteiger partial charge in [-0.1, -0.05) is 11.6 Å². The predicted molar refractivity (Wildman–Crippen MR) is 81.6 cm³/mol. The third-order valence-electron chi connectivity index (χ3n) is 4.29. The lowest BCUT2D eigenvalue weighted by molar-refractivity contribution is -0.149. The number of carbonyl (C=O) groups excluding carboxylic acids is 2. The molecule has 8 heteroatoms. The SMILES string of the molecule is NCC(=O)NC12CC(NC(=O)COc3ccc(Cl)c(F)c3)(C1)C2. The molecule has 2 bridgehead atoms. The maximum Gasteiger partial charge on any atom is 0.258 e. The Morgan fingerprint density at radius 3 is 2.39 bits per heavy atom. The molecule has 4 rings (SSSR count). The van der Waals surface area contributed by atoms with Gasteiger partial charge >= 0.3 is 0 Å². The first-order chi connectivity index (χ1) is 10.9. The van der Waals surface area contributed by atoms with Gasteiger partial charge in [0.05, 0.1) is 11.6 Å². The maximum atomic E-state index is 13.3. The van der Waals surface area contributed by atoms with Gasteiger partial charge in [-0.3, -0.25) is 9.59 Å². The van der Waals surface area contributed by atoms with E-state index in [1.54, 1.807) is 0 Å². The average molecular weight is 342 g/mol. The Balaban J connectivity index is 1.43. The van der Waals surface area contributed by atoms with Gasteiger partial charge in [0, 0.05) is 17.1 Å². The third-order valence-corrected chi connectivity index (χ3v) is 4.59. The highest BCUT2D eigenvalue weighted by Crippen LogP contribution is 2.60. The van der Waals surface area contributed by atoms with Gasteiger partial charge in [0.2, 0.25) is 5.91 Å². The quantitative estimate of drug-likeness (QED) is 0.711. The smallest absolute Gasteiger partial charge is 0.258 e. The lowest BCUT2D eigenvalue weighted by atomic mass is 9.44. The van der Waals surface area contributed by atoms with E-state index in [0.29, 0.717) is 19.3 Å². The maximum absolute atomic E-state index is 13.3. The van der Waals surface area contributed by atoms with Crippen LogP contribution in [0.3, 0.4) is 0 Å². The van der Waals surface area contributed by atoms with Gasteiger partial charge in [0.1, 0.15) is 11.6 Å². The summed E-state index contributed by atoms with van der Waals surface area (Å²) in [5.74, 6) is -0.815. The zero-order valence-electron chi connectivity index (χ0n) is 12.3. The number of rotatable bonds is 6. The summed E-state index contributed by atoms with van der Waals surface area (Å²) in [6, 6.07) is 4.00. The van der Waals surface area contributed by atoms with E-state index in [0.717, 1.165) is 6.07 Å². The Hall–Kier alpha value is -1.86. The van der Waals surface area contributed by atoms with Gasteiger partial charge in [-0.15, -0.1) is 0 Å². The molecule has 124 valence electrons. The van der Waals surface area contributed by atoms with Crippen LogP contribution in [0.4, 0.5) is 4.39 Å². The minimum Gasteiger partial charge on any atom is -0.484 e. The normalized spacial score (nSPS) is 27.4. The summed E-state index contributed by atoms with van der Waals surface area (Å²) in [7, 11) is 0. The molecule has 0 saturated heterocycles. The van der Waals surface area contributed by atoms with E-state index in [9.17, 15) is 14.0 Å². The predicted octanol–water partition coefficient (Wildman–Crippen LogP) is 0.724. The van der Waals surface area contributed by atoms with Gasteiger partial charge in [-0.05, 0) is 31.4 Å². The summed E-state index contributed by atoms with van der Waals surface area (Å²) < 4.78 is 18.5. The highest BCUT2D eigenvalue weighted by molar-refractivity contribution is 6.30. The molecule has 0 atom stereocenters. The largest absolute Gasteiger partial charge is 0.484 e. The number of ether oxygens (including phenoxy) is 1. The zero-order chi connectivity index (χ0) is 16.7. The van der Waals surface area contributed by atoms with Crippen LogP contribution in [-0.4, -0.2) is 36.0 Å². The van der Waals surface area contributed by atoms with E-state index < -0.39 is 5.82 Å². The molecule has 0 heterocycles. The molecule has 4 N–H and O–H groups in total. The van der Waals surface area contributed by atoms with E-state index in [2.05, 4.69) is 10.6 Å². The minimum absolute atomic E-state index is 0.000456. The highest BCUT2D eigenvalue weighted by atomic mass is 35.5. The van der Waals surface area contributed by atoms with E-state index in [1.165, 1.54) is 12.1 Å². The van der Waals surface area contributed by atoms with Gasteiger partial charge < -0.3 is 21.1 Å². The molecule has 3 aliphatic carbocycles. The minimum atomic E-state index is -0.596. The number of hydrogen-bond donors (Lipinski definition) is 3. The fourth-order valence-electron chi connectivity index (χ4n) is 3.45. The highest BCUT2D eigenvalue weighted by Gasteiger charge is 2.69. The fourth-order valence-corrected chi connectivity index (χ4v) is 3.56. The summed E-state index contributed by atoms with van der Waals surface area (Å²) >= 11 is 5.57. The summed E-state index contributed by atoms with van der Waals surface area (Å²) in [4.78, 5) is 23.2. The van der Waals surface area contributed by atoms with Gasteiger partial charge in [-0.25, -0.2) is 4.39 Å². The van der Waals surface area contributed by atoms with Crippen molar-refractivity contribution >= 4 is 23.4 Å².